The molecule has 1 aliphatic carbocycles. The third-order valence-corrected chi connectivity index (χ3v) is 3.13. The van der Waals surface area contributed by atoms with Gasteiger partial charge in [0.15, 0.2) is 0 Å². The average Bonchev–Trinajstić information content (AvgIpc) is 2.97. The Labute approximate surface area is 96.7 Å². The number of rotatable bonds is 4. The molecule has 0 atom stereocenters. The summed E-state index contributed by atoms with van der Waals surface area (Å²) < 4.78 is 13.0. The van der Waals surface area contributed by atoms with Gasteiger partial charge in [0.1, 0.15) is 5.82 Å². The number of carboxylic acid groups (broad SMARTS) is 2. The molecule has 1 aliphatic rings. The number of halogens is 1. The molecule has 0 unspecified atom stereocenters. The van der Waals surface area contributed by atoms with Gasteiger partial charge in [-0.3, -0.25) is 4.79 Å². The van der Waals surface area contributed by atoms with E-state index in [-0.39, 0.29) is 12.0 Å². The first-order valence-corrected chi connectivity index (χ1v) is 5.20. The Hall–Kier alpha value is -1.91. The Morgan fingerprint density at radius 3 is 2.41 bits per heavy atom. The predicted molar refractivity (Wildman–Crippen MR) is 56.5 cm³/mol. The molecule has 0 amide bonds. The first-order chi connectivity index (χ1) is 7.94. The standard InChI is InChI=1S/C12H11FO4/c13-7-1-2-9(8(5-7)11(16)17)12(3-4-12)6-10(14)15/h1-2,5H,3-4,6H2,(H,14,15)(H,16,17). The number of carbonyl (C=O) groups is 2. The lowest BCUT2D eigenvalue weighted by molar-refractivity contribution is -0.137. The first-order valence-electron chi connectivity index (χ1n) is 5.20. The summed E-state index contributed by atoms with van der Waals surface area (Å²) in [6.07, 6.45) is 1.15. The van der Waals surface area contributed by atoms with E-state index in [2.05, 4.69) is 0 Å². The lowest BCUT2D eigenvalue weighted by atomic mass is 9.88. The van der Waals surface area contributed by atoms with E-state index in [9.17, 15) is 14.0 Å². The van der Waals surface area contributed by atoms with Crippen molar-refractivity contribution < 1.29 is 24.2 Å². The Morgan fingerprint density at radius 1 is 1.29 bits per heavy atom. The zero-order chi connectivity index (χ0) is 12.6. The molecule has 2 N–H and O–H groups in total. The Kier molecular flexibility index (Phi) is 2.61. The van der Waals surface area contributed by atoms with Crippen LogP contribution in [0.5, 0.6) is 0 Å². The van der Waals surface area contributed by atoms with E-state index in [1.807, 2.05) is 0 Å². The smallest absolute Gasteiger partial charge is 0.336 e. The minimum Gasteiger partial charge on any atom is -0.481 e. The van der Waals surface area contributed by atoms with Crippen molar-refractivity contribution in [2.24, 2.45) is 0 Å². The van der Waals surface area contributed by atoms with E-state index in [0.29, 0.717) is 18.4 Å². The van der Waals surface area contributed by atoms with Crippen LogP contribution in [0.3, 0.4) is 0 Å². The molecule has 1 aromatic rings. The molecule has 4 nitrogen and oxygen atoms in total. The van der Waals surface area contributed by atoms with Crippen LogP contribution in [0.1, 0.15) is 35.2 Å². The summed E-state index contributed by atoms with van der Waals surface area (Å²) in [4.78, 5) is 21.8. The SMILES string of the molecule is O=C(O)CC1(c2ccc(F)cc2C(=O)O)CC1. The highest BCUT2D eigenvalue weighted by Crippen LogP contribution is 2.52. The molecule has 0 radical (unpaired) electrons. The fraction of sp³-hybridized carbons (Fsp3) is 0.333. The summed E-state index contributed by atoms with van der Waals surface area (Å²) in [5.41, 5.74) is -0.328. The number of aromatic carboxylic acids is 1. The molecule has 0 bridgehead atoms. The van der Waals surface area contributed by atoms with Gasteiger partial charge in [-0.1, -0.05) is 6.07 Å². The molecule has 17 heavy (non-hydrogen) atoms. The van der Waals surface area contributed by atoms with Crippen LogP contribution in [0.15, 0.2) is 18.2 Å². The molecule has 0 aromatic heterocycles. The fourth-order valence-corrected chi connectivity index (χ4v) is 2.14. The van der Waals surface area contributed by atoms with Crippen molar-refractivity contribution in [3.05, 3.63) is 35.1 Å². The summed E-state index contributed by atoms with van der Waals surface area (Å²) in [5.74, 6) is -2.82. The van der Waals surface area contributed by atoms with E-state index in [0.717, 1.165) is 6.07 Å². The van der Waals surface area contributed by atoms with Gasteiger partial charge >= 0.3 is 11.9 Å². The van der Waals surface area contributed by atoms with Crippen LogP contribution < -0.4 is 0 Å². The summed E-state index contributed by atoms with van der Waals surface area (Å²) in [7, 11) is 0. The maximum atomic E-state index is 13.0. The molecule has 2 rings (SSSR count). The van der Waals surface area contributed by atoms with Gasteiger partial charge in [0.25, 0.3) is 0 Å². The second-order valence-electron chi connectivity index (χ2n) is 4.35. The highest BCUT2D eigenvalue weighted by Gasteiger charge is 2.47. The normalized spacial score (nSPS) is 16.5. The molecular weight excluding hydrogens is 227 g/mol. The number of hydrogen-bond donors (Lipinski definition) is 2. The lowest BCUT2D eigenvalue weighted by Gasteiger charge is -2.15. The highest BCUT2D eigenvalue weighted by atomic mass is 19.1. The molecule has 0 saturated heterocycles. The molecule has 0 aliphatic heterocycles. The van der Waals surface area contributed by atoms with Crippen molar-refractivity contribution in [2.75, 3.05) is 0 Å². The minimum atomic E-state index is -1.23. The highest BCUT2D eigenvalue weighted by molar-refractivity contribution is 5.90. The van der Waals surface area contributed by atoms with Gasteiger partial charge in [-0.2, -0.15) is 0 Å². The molecule has 90 valence electrons. The number of hydrogen-bond acceptors (Lipinski definition) is 2. The van der Waals surface area contributed by atoms with Crippen LogP contribution in [0.4, 0.5) is 4.39 Å². The lowest BCUT2D eigenvalue weighted by Crippen LogP contribution is -2.17. The molecule has 1 saturated carbocycles. The second-order valence-corrected chi connectivity index (χ2v) is 4.35. The van der Waals surface area contributed by atoms with Gasteiger partial charge in [-0.25, -0.2) is 9.18 Å². The summed E-state index contributed by atoms with van der Waals surface area (Å²) in [6.45, 7) is 0. The van der Waals surface area contributed by atoms with Crippen LogP contribution in [0, 0.1) is 5.82 Å². The maximum absolute atomic E-state index is 13.0. The molecule has 0 spiro atoms. The third kappa shape index (κ3) is 2.13. The summed E-state index contributed by atoms with van der Waals surface area (Å²) in [5, 5.41) is 17.8. The second kappa shape index (κ2) is 3.84. The summed E-state index contributed by atoms with van der Waals surface area (Å²) >= 11 is 0. The average molecular weight is 238 g/mol. The van der Waals surface area contributed by atoms with Crippen LogP contribution in [0.2, 0.25) is 0 Å². The molecule has 0 heterocycles. The van der Waals surface area contributed by atoms with Crippen molar-refractivity contribution in [1.29, 1.82) is 0 Å². The van der Waals surface area contributed by atoms with Crippen LogP contribution >= 0.6 is 0 Å². The van der Waals surface area contributed by atoms with E-state index in [1.165, 1.54) is 12.1 Å². The van der Waals surface area contributed by atoms with E-state index < -0.39 is 23.2 Å². The molecular formula is C12H11FO4. The number of benzene rings is 1. The van der Waals surface area contributed by atoms with Gasteiger partial charge in [-0.05, 0) is 30.5 Å². The first kappa shape index (κ1) is 11.6. The van der Waals surface area contributed by atoms with Crippen molar-refractivity contribution in [2.45, 2.75) is 24.7 Å². The van der Waals surface area contributed by atoms with Gasteiger partial charge in [0, 0.05) is 5.41 Å². The zero-order valence-corrected chi connectivity index (χ0v) is 8.94. The zero-order valence-electron chi connectivity index (χ0n) is 8.94. The molecule has 5 heteroatoms. The van der Waals surface area contributed by atoms with E-state index in [1.54, 1.807) is 0 Å². The Balaban J connectivity index is 2.45. The maximum Gasteiger partial charge on any atom is 0.336 e. The molecule has 1 fully saturated rings. The van der Waals surface area contributed by atoms with Crippen molar-refractivity contribution in [1.82, 2.24) is 0 Å². The van der Waals surface area contributed by atoms with Crippen molar-refractivity contribution in [3.63, 3.8) is 0 Å². The van der Waals surface area contributed by atoms with Crippen LogP contribution in [-0.2, 0) is 10.2 Å². The fourth-order valence-electron chi connectivity index (χ4n) is 2.14. The number of carboxylic acids is 2. The van der Waals surface area contributed by atoms with Gasteiger partial charge in [0.05, 0.1) is 12.0 Å². The van der Waals surface area contributed by atoms with Crippen LogP contribution in [-0.4, -0.2) is 22.2 Å². The summed E-state index contributed by atoms with van der Waals surface area (Å²) in [6, 6.07) is 3.50. The predicted octanol–water partition coefficient (Wildman–Crippen LogP) is 2.03. The Bertz CT molecular complexity index is 491. The van der Waals surface area contributed by atoms with Gasteiger partial charge < -0.3 is 10.2 Å². The quantitative estimate of drug-likeness (QED) is 0.841. The molecule has 1 aromatic carbocycles. The number of aliphatic carboxylic acids is 1. The van der Waals surface area contributed by atoms with E-state index in [4.69, 9.17) is 10.2 Å². The monoisotopic (exact) mass is 238 g/mol. The Morgan fingerprint density at radius 2 is 1.94 bits per heavy atom. The van der Waals surface area contributed by atoms with Gasteiger partial charge in [-0.15, -0.1) is 0 Å². The topological polar surface area (TPSA) is 74.6 Å². The minimum absolute atomic E-state index is 0.112. The largest absolute Gasteiger partial charge is 0.481 e. The van der Waals surface area contributed by atoms with Crippen molar-refractivity contribution in [3.8, 4) is 0 Å². The van der Waals surface area contributed by atoms with Crippen molar-refractivity contribution >= 4 is 11.9 Å². The third-order valence-electron chi connectivity index (χ3n) is 3.13. The van der Waals surface area contributed by atoms with Gasteiger partial charge in [0.2, 0.25) is 0 Å². The van der Waals surface area contributed by atoms with E-state index >= 15 is 0 Å². The van der Waals surface area contributed by atoms with Crippen LogP contribution in [0.25, 0.3) is 0 Å².